The third-order valence-electron chi connectivity index (χ3n) is 2.63. The predicted octanol–water partition coefficient (Wildman–Crippen LogP) is 1.53. The highest BCUT2D eigenvalue weighted by molar-refractivity contribution is 5.60. The number of aryl methyl sites for hydroxylation is 1. The maximum Gasteiger partial charge on any atom is 0.252 e. The second-order valence-corrected chi connectivity index (χ2v) is 3.92. The standard InChI is InChI=1S/C13H16N4O/c1-2-11-16-12(7-13(18)17-11)15-10-6-4-3-5-9(10)8-14/h3-7H,2,8,14H2,1H3,(H2,15,16,17,18). The average Bonchev–Trinajstić information content (AvgIpc) is 2.38. The van der Waals surface area contributed by atoms with Crippen LogP contribution in [0.5, 0.6) is 0 Å². The molecule has 0 saturated carbocycles. The molecule has 18 heavy (non-hydrogen) atoms. The van der Waals surface area contributed by atoms with Crippen molar-refractivity contribution in [1.29, 1.82) is 0 Å². The van der Waals surface area contributed by atoms with E-state index >= 15 is 0 Å². The van der Waals surface area contributed by atoms with Gasteiger partial charge in [0.15, 0.2) is 0 Å². The van der Waals surface area contributed by atoms with Gasteiger partial charge in [-0.15, -0.1) is 0 Å². The highest BCUT2D eigenvalue weighted by Crippen LogP contribution is 2.18. The molecule has 0 radical (unpaired) electrons. The van der Waals surface area contributed by atoms with Gasteiger partial charge in [0.1, 0.15) is 11.6 Å². The number of rotatable bonds is 4. The molecule has 0 saturated heterocycles. The maximum atomic E-state index is 11.5. The van der Waals surface area contributed by atoms with Gasteiger partial charge in [-0.3, -0.25) is 4.79 Å². The SMILES string of the molecule is CCc1nc(Nc2ccccc2CN)cc(=O)[nH]1. The fraction of sp³-hybridized carbons (Fsp3) is 0.231. The molecule has 1 aromatic heterocycles. The average molecular weight is 244 g/mol. The van der Waals surface area contributed by atoms with Crippen LogP contribution in [0.2, 0.25) is 0 Å². The summed E-state index contributed by atoms with van der Waals surface area (Å²) in [6.45, 7) is 2.38. The summed E-state index contributed by atoms with van der Waals surface area (Å²) in [6, 6.07) is 9.13. The zero-order chi connectivity index (χ0) is 13.0. The number of aromatic amines is 1. The number of para-hydroxylation sites is 1. The second kappa shape index (κ2) is 5.46. The van der Waals surface area contributed by atoms with Gasteiger partial charge < -0.3 is 16.0 Å². The lowest BCUT2D eigenvalue weighted by molar-refractivity contribution is 0.923. The van der Waals surface area contributed by atoms with E-state index in [1.54, 1.807) is 0 Å². The monoisotopic (exact) mass is 244 g/mol. The van der Waals surface area contributed by atoms with E-state index in [-0.39, 0.29) is 5.56 Å². The molecule has 0 atom stereocenters. The minimum atomic E-state index is -0.158. The highest BCUT2D eigenvalue weighted by atomic mass is 16.1. The molecule has 2 aromatic rings. The van der Waals surface area contributed by atoms with Crippen LogP contribution in [0.15, 0.2) is 35.1 Å². The Morgan fingerprint density at radius 2 is 2.17 bits per heavy atom. The molecule has 0 aliphatic rings. The van der Waals surface area contributed by atoms with Crippen molar-refractivity contribution in [2.75, 3.05) is 5.32 Å². The molecule has 1 heterocycles. The van der Waals surface area contributed by atoms with Crippen LogP contribution in [0.1, 0.15) is 18.3 Å². The van der Waals surface area contributed by atoms with Gasteiger partial charge in [-0.05, 0) is 11.6 Å². The van der Waals surface area contributed by atoms with Crippen molar-refractivity contribution in [3.63, 3.8) is 0 Å². The maximum absolute atomic E-state index is 11.5. The lowest BCUT2D eigenvalue weighted by atomic mass is 10.2. The minimum Gasteiger partial charge on any atom is -0.340 e. The van der Waals surface area contributed by atoms with E-state index in [0.717, 1.165) is 11.3 Å². The third kappa shape index (κ3) is 2.75. The van der Waals surface area contributed by atoms with Gasteiger partial charge in [0.2, 0.25) is 0 Å². The summed E-state index contributed by atoms with van der Waals surface area (Å²) in [7, 11) is 0. The number of hydrogen-bond donors (Lipinski definition) is 3. The lowest BCUT2D eigenvalue weighted by Gasteiger charge is -2.10. The number of nitrogens with one attached hydrogen (secondary N) is 2. The van der Waals surface area contributed by atoms with Crippen LogP contribution in [0.3, 0.4) is 0 Å². The molecule has 0 fully saturated rings. The lowest BCUT2D eigenvalue weighted by Crippen LogP contribution is -2.12. The first-order valence-corrected chi connectivity index (χ1v) is 5.88. The molecular weight excluding hydrogens is 228 g/mol. The first kappa shape index (κ1) is 12.3. The summed E-state index contributed by atoms with van der Waals surface area (Å²) >= 11 is 0. The Hall–Kier alpha value is -2.14. The summed E-state index contributed by atoms with van der Waals surface area (Å²) in [4.78, 5) is 18.5. The molecule has 0 aliphatic carbocycles. The van der Waals surface area contributed by atoms with E-state index in [1.807, 2.05) is 31.2 Å². The van der Waals surface area contributed by atoms with E-state index in [0.29, 0.717) is 24.6 Å². The van der Waals surface area contributed by atoms with Crippen LogP contribution in [0.25, 0.3) is 0 Å². The number of aromatic nitrogens is 2. The topological polar surface area (TPSA) is 83.8 Å². The fourth-order valence-corrected chi connectivity index (χ4v) is 1.70. The molecule has 2 rings (SSSR count). The Kier molecular flexibility index (Phi) is 3.74. The van der Waals surface area contributed by atoms with Crippen molar-refractivity contribution >= 4 is 11.5 Å². The molecule has 0 bridgehead atoms. The molecule has 5 nitrogen and oxygen atoms in total. The zero-order valence-corrected chi connectivity index (χ0v) is 10.2. The van der Waals surface area contributed by atoms with E-state index in [4.69, 9.17) is 5.73 Å². The van der Waals surface area contributed by atoms with Crippen LogP contribution in [0.4, 0.5) is 11.5 Å². The van der Waals surface area contributed by atoms with Crippen molar-refractivity contribution in [1.82, 2.24) is 9.97 Å². The van der Waals surface area contributed by atoms with Crippen molar-refractivity contribution in [2.24, 2.45) is 5.73 Å². The molecule has 0 spiro atoms. The van der Waals surface area contributed by atoms with E-state index in [9.17, 15) is 4.79 Å². The fourth-order valence-electron chi connectivity index (χ4n) is 1.70. The van der Waals surface area contributed by atoms with Crippen molar-refractivity contribution < 1.29 is 0 Å². The molecule has 5 heteroatoms. The van der Waals surface area contributed by atoms with Gasteiger partial charge in [0.25, 0.3) is 5.56 Å². The van der Waals surface area contributed by atoms with Crippen LogP contribution in [-0.4, -0.2) is 9.97 Å². The Morgan fingerprint density at radius 3 is 2.89 bits per heavy atom. The molecule has 0 unspecified atom stereocenters. The number of anilines is 2. The number of hydrogen-bond acceptors (Lipinski definition) is 4. The van der Waals surface area contributed by atoms with Crippen molar-refractivity contribution in [3.05, 3.63) is 52.1 Å². The van der Waals surface area contributed by atoms with Crippen LogP contribution < -0.4 is 16.6 Å². The van der Waals surface area contributed by atoms with Gasteiger partial charge in [0.05, 0.1) is 0 Å². The van der Waals surface area contributed by atoms with Gasteiger partial charge in [-0.25, -0.2) is 4.98 Å². The Balaban J connectivity index is 2.33. The van der Waals surface area contributed by atoms with Gasteiger partial charge in [-0.1, -0.05) is 25.1 Å². The largest absolute Gasteiger partial charge is 0.340 e. The van der Waals surface area contributed by atoms with Gasteiger partial charge in [-0.2, -0.15) is 0 Å². The smallest absolute Gasteiger partial charge is 0.252 e. The minimum absolute atomic E-state index is 0.158. The van der Waals surface area contributed by atoms with Crippen LogP contribution >= 0.6 is 0 Å². The molecule has 0 aliphatic heterocycles. The first-order chi connectivity index (χ1) is 8.72. The summed E-state index contributed by atoms with van der Waals surface area (Å²) in [5, 5.41) is 3.13. The first-order valence-electron chi connectivity index (χ1n) is 5.88. The van der Waals surface area contributed by atoms with Crippen LogP contribution in [-0.2, 0) is 13.0 Å². The molecular formula is C13H16N4O. The van der Waals surface area contributed by atoms with E-state index in [1.165, 1.54) is 6.07 Å². The van der Waals surface area contributed by atoms with E-state index in [2.05, 4.69) is 15.3 Å². The molecule has 94 valence electrons. The Bertz CT molecular complexity index is 592. The summed E-state index contributed by atoms with van der Waals surface area (Å²) in [6.07, 6.45) is 0.684. The summed E-state index contributed by atoms with van der Waals surface area (Å²) in [5.41, 5.74) is 7.36. The van der Waals surface area contributed by atoms with Crippen molar-refractivity contribution in [2.45, 2.75) is 19.9 Å². The normalized spacial score (nSPS) is 10.3. The Labute approximate surface area is 105 Å². The zero-order valence-electron chi connectivity index (χ0n) is 10.2. The summed E-state index contributed by atoms with van der Waals surface area (Å²) < 4.78 is 0. The number of nitrogens with zero attached hydrogens (tertiary/aromatic N) is 1. The number of H-pyrrole nitrogens is 1. The number of nitrogens with two attached hydrogens (primary N) is 1. The molecule has 4 N–H and O–H groups in total. The van der Waals surface area contributed by atoms with Gasteiger partial charge in [0, 0.05) is 24.7 Å². The number of benzene rings is 1. The predicted molar refractivity (Wildman–Crippen MR) is 71.9 cm³/mol. The van der Waals surface area contributed by atoms with E-state index < -0.39 is 0 Å². The van der Waals surface area contributed by atoms with Crippen LogP contribution in [0, 0.1) is 0 Å². The summed E-state index contributed by atoms with van der Waals surface area (Å²) in [5.74, 6) is 1.20. The van der Waals surface area contributed by atoms with Gasteiger partial charge >= 0.3 is 0 Å². The quantitative estimate of drug-likeness (QED) is 0.761. The highest BCUT2D eigenvalue weighted by Gasteiger charge is 2.03. The third-order valence-corrected chi connectivity index (χ3v) is 2.63. The Morgan fingerprint density at radius 1 is 1.39 bits per heavy atom. The molecule has 0 amide bonds. The van der Waals surface area contributed by atoms with Crippen molar-refractivity contribution in [3.8, 4) is 0 Å². The second-order valence-electron chi connectivity index (χ2n) is 3.92. The molecule has 1 aromatic carbocycles.